The van der Waals surface area contributed by atoms with Crippen molar-refractivity contribution in [3.8, 4) is 5.75 Å². The van der Waals surface area contributed by atoms with E-state index in [-0.39, 0.29) is 6.03 Å². The number of anilines is 1. The van der Waals surface area contributed by atoms with Gasteiger partial charge in [-0.15, -0.1) is 0 Å². The van der Waals surface area contributed by atoms with E-state index >= 15 is 0 Å². The number of urea groups is 1. The molecule has 0 aromatic heterocycles. The van der Waals surface area contributed by atoms with Crippen LogP contribution in [-0.4, -0.2) is 25.9 Å². The molecule has 1 saturated carbocycles. The Morgan fingerprint density at radius 1 is 1.19 bits per heavy atom. The third kappa shape index (κ3) is 3.88. The molecule has 5 heteroatoms. The van der Waals surface area contributed by atoms with Gasteiger partial charge >= 0.3 is 6.03 Å². The number of nitrogens with one attached hydrogen (secondary N) is 2. The van der Waals surface area contributed by atoms with Gasteiger partial charge in [-0.2, -0.15) is 0 Å². The topological polar surface area (TPSA) is 59.6 Å². The molecule has 3 rings (SSSR count). The predicted molar refractivity (Wildman–Crippen MR) is 80.6 cm³/mol. The number of carbonyl (C=O) groups is 1. The van der Waals surface area contributed by atoms with E-state index in [2.05, 4.69) is 10.6 Å². The average molecular weight is 290 g/mol. The van der Waals surface area contributed by atoms with E-state index in [1.54, 1.807) is 0 Å². The molecule has 2 aliphatic rings. The highest BCUT2D eigenvalue weighted by molar-refractivity contribution is 5.92. The second kappa shape index (κ2) is 6.80. The molecule has 0 atom stereocenters. The molecule has 0 radical (unpaired) electrons. The van der Waals surface area contributed by atoms with Gasteiger partial charge in [0.15, 0.2) is 0 Å². The van der Waals surface area contributed by atoms with Crippen molar-refractivity contribution in [3.63, 3.8) is 0 Å². The molecule has 0 saturated heterocycles. The maximum atomic E-state index is 11.3. The smallest absolute Gasteiger partial charge is 0.319 e. The Balaban J connectivity index is 1.41. The van der Waals surface area contributed by atoms with Crippen molar-refractivity contribution in [1.29, 1.82) is 0 Å². The summed E-state index contributed by atoms with van der Waals surface area (Å²) in [6.45, 7) is 2.57. The number of hydrogen-bond acceptors (Lipinski definition) is 3. The molecule has 114 valence electrons. The molecule has 1 aromatic carbocycles. The summed E-state index contributed by atoms with van der Waals surface area (Å²) < 4.78 is 11.3. The van der Waals surface area contributed by atoms with Crippen LogP contribution >= 0.6 is 0 Å². The first-order valence-corrected chi connectivity index (χ1v) is 7.69. The Hall–Kier alpha value is -1.75. The third-order valence-electron chi connectivity index (χ3n) is 4.09. The first kappa shape index (κ1) is 14.2. The van der Waals surface area contributed by atoms with Crippen LogP contribution in [0.1, 0.15) is 31.2 Å². The number of fused-ring (bicyclic) bond motifs is 1. The van der Waals surface area contributed by atoms with Crippen LogP contribution < -0.4 is 15.4 Å². The summed E-state index contributed by atoms with van der Waals surface area (Å²) in [6, 6.07) is 5.59. The van der Waals surface area contributed by atoms with Crippen LogP contribution in [0.2, 0.25) is 0 Å². The van der Waals surface area contributed by atoms with Crippen LogP contribution in [0, 0.1) is 5.92 Å². The predicted octanol–water partition coefficient (Wildman–Crippen LogP) is 2.91. The molecule has 0 bridgehead atoms. The maximum Gasteiger partial charge on any atom is 0.319 e. The normalized spacial score (nSPS) is 18.0. The van der Waals surface area contributed by atoms with E-state index in [4.69, 9.17) is 9.47 Å². The van der Waals surface area contributed by atoms with Gasteiger partial charge in [0.1, 0.15) is 12.4 Å². The van der Waals surface area contributed by atoms with Crippen LogP contribution in [0.5, 0.6) is 5.75 Å². The minimum atomic E-state index is -0.167. The van der Waals surface area contributed by atoms with E-state index in [9.17, 15) is 4.79 Å². The van der Waals surface area contributed by atoms with E-state index in [0.717, 1.165) is 29.5 Å². The molecule has 1 fully saturated rings. The van der Waals surface area contributed by atoms with Gasteiger partial charge in [-0.1, -0.05) is 18.9 Å². The molecule has 1 aromatic rings. The zero-order valence-electron chi connectivity index (χ0n) is 12.2. The highest BCUT2D eigenvalue weighted by atomic mass is 16.5. The molecule has 5 nitrogen and oxygen atoms in total. The second-order valence-corrected chi connectivity index (χ2v) is 5.70. The quantitative estimate of drug-likeness (QED) is 0.792. The standard InChI is InChI=1S/C16H22N2O3/c19-16-17-10-13-5-6-14(9-15(13)18-16)21-8-7-20-11-12-3-1-2-4-12/h5-6,9,12H,1-4,7-8,10-11H2,(H2,17,18,19). The van der Waals surface area contributed by atoms with Crippen LogP contribution in [0.15, 0.2) is 18.2 Å². The van der Waals surface area contributed by atoms with Crippen molar-refractivity contribution in [2.75, 3.05) is 25.1 Å². The fourth-order valence-electron chi connectivity index (χ4n) is 2.90. The van der Waals surface area contributed by atoms with Crippen LogP contribution in [0.25, 0.3) is 0 Å². The number of carbonyl (C=O) groups excluding carboxylic acids is 1. The lowest BCUT2D eigenvalue weighted by atomic mass is 10.1. The summed E-state index contributed by atoms with van der Waals surface area (Å²) in [6.07, 6.45) is 5.30. The van der Waals surface area contributed by atoms with Crippen molar-refractivity contribution in [2.45, 2.75) is 32.2 Å². The number of ether oxygens (including phenoxy) is 2. The van der Waals surface area contributed by atoms with Crippen molar-refractivity contribution in [1.82, 2.24) is 5.32 Å². The lowest BCUT2D eigenvalue weighted by molar-refractivity contribution is 0.0754. The molecule has 0 spiro atoms. The number of hydrogen-bond donors (Lipinski definition) is 2. The fourth-order valence-corrected chi connectivity index (χ4v) is 2.90. The lowest BCUT2D eigenvalue weighted by Crippen LogP contribution is -2.33. The Morgan fingerprint density at radius 3 is 2.90 bits per heavy atom. The Kier molecular flexibility index (Phi) is 4.60. The van der Waals surface area contributed by atoms with Crippen LogP contribution in [0.3, 0.4) is 0 Å². The minimum absolute atomic E-state index is 0.167. The van der Waals surface area contributed by atoms with Gasteiger partial charge in [0.25, 0.3) is 0 Å². The van der Waals surface area contributed by atoms with Crippen molar-refractivity contribution in [3.05, 3.63) is 23.8 Å². The van der Waals surface area contributed by atoms with E-state index in [1.807, 2.05) is 18.2 Å². The molecule has 21 heavy (non-hydrogen) atoms. The first-order chi connectivity index (χ1) is 10.3. The third-order valence-corrected chi connectivity index (χ3v) is 4.09. The Labute approximate surface area is 125 Å². The molecule has 2 N–H and O–H groups in total. The molecule has 0 unspecified atom stereocenters. The monoisotopic (exact) mass is 290 g/mol. The zero-order valence-corrected chi connectivity index (χ0v) is 12.2. The second-order valence-electron chi connectivity index (χ2n) is 5.70. The molecule has 1 aliphatic heterocycles. The van der Waals surface area contributed by atoms with E-state index in [1.165, 1.54) is 25.7 Å². The van der Waals surface area contributed by atoms with Crippen molar-refractivity contribution >= 4 is 11.7 Å². The van der Waals surface area contributed by atoms with Crippen molar-refractivity contribution in [2.24, 2.45) is 5.92 Å². The molecule has 1 aliphatic carbocycles. The average Bonchev–Trinajstić information content (AvgIpc) is 3.00. The number of amides is 2. The summed E-state index contributed by atoms with van der Waals surface area (Å²) in [4.78, 5) is 11.3. The Bertz CT molecular complexity index is 498. The molecular formula is C16H22N2O3. The summed E-state index contributed by atoms with van der Waals surface area (Å²) in [5, 5.41) is 5.51. The van der Waals surface area contributed by atoms with E-state index < -0.39 is 0 Å². The molecule has 1 heterocycles. The Morgan fingerprint density at radius 2 is 2.05 bits per heavy atom. The van der Waals surface area contributed by atoms with Crippen LogP contribution in [0.4, 0.5) is 10.5 Å². The van der Waals surface area contributed by atoms with Gasteiger partial charge in [0, 0.05) is 19.2 Å². The number of rotatable bonds is 6. The highest BCUT2D eigenvalue weighted by Crippen LogP contribution is 2.25. The summed E-state index contributed by atoms with van der Waals surface area (Å²) in [7, 11) is 0. The van der Waals surface area contributed by atoms with Crippen molar-refractivity contribution < 1.29 is 14.3 Å². The lowest BCUT2D eigenvalue weighted by Gasteiger charge is -2.19. The van der Waals surface area contributed by atoms with Crippen LogP contribution in [-0.2, 0) is 11.3 Å². The van der Waals surface area contributed by atoms with Gasteiger partial charge in [0.2, 0.25) is 0 Å². The minimum Gasteiger partial charge on any atom is -0.491 e. The fraction of sp³-hybridized carbons (Fsp3) is 0.562. The van der Waals surface area contributed by atoms with E-state index in [0.29, 0.717) is 19.8 Å². The summed E-state index contributed by atoms with van der Waals surface area (Å²) in [5.41, 5.74) is 1.89. The number of benzene rings is 1. The summed E-state index contributed by atoms with van der Waals surface area (Å²) in [5.74, 6) is 1.51. The summed E-state index contributed by atoms with van der Waals surface area (Å²) >= 11 is 0. The molecular weight excluding hydrogens is 268 g/mol. The van der Waals surface area contributed by atoms with Gasteiger partial charge in [-0.05, 0) is 30.4 Å². The SMILES string of the molecule is O=C1NCc2ccc(OCCOCC3CCCC3)cc2N1. The molecule has 2 amide bonds. The maximum absolute atomic E-state index is 11.3. The van der Waals surface area contributed by atoms with Gasteiger partial charge < -0.3 is 20.1 Å². The zero-order chi connectivity index (χ0) is 14.5. The first-order valence-electron chi connectivity index (χ1n) is 7.69. The largest absolute Gasteiger partial charge is 0.491 e. The van der Waals surface area contributed by atoms with Gasteiger partial charge in [-0.25, -0.2) is 4.79 Å². The highest BCUT2D eigenvalue weighted by Gasteiger charge is 2.15. The van der Waals surface area contributed by atoms with Gasteiger partial charge in [-0.3, -0.25) is 0 Å². The van der Waals surface area contributed by atoms with Gasteiger partial charge in [0.05, 0.1) is 12.3 Å².